The van der Waals surface area contributed by atoms with E-state index in [1.165, 1.54) is 5.56 Å². The van der Waals surface area contributed by atoms with E-state index in [4.69, 9.17) is 0 Å². The van der Waals surface area contributed by atoms with Crippen LogP contribution in [-0.2, 0) is 17.9 Å². The largest absolute Gasteiger partial charge is 0.353 e. The van der Waals surface area contributed by atoms with Crippen molar-refractivity contribution < 1.29 is 9.59 Å². The average Bonchev–Trinajstić information content (AvgIpc) is 3.48. The van der Waals surface area contributed by atoms with E-state index >= 15 is 0 Å². The molecule has 0 radical (unpaired) electrons. The molecular weight excluding hydrogens is 430 g/mol. The zero-order valence-electron chi connectivity index (χ0n) is 18.7. The molecule has 0 spiro atoms. The number of hydrogen-bond acceptors (Lipinski definition) is 4. The van der Waals surface area contributed by atoms with Crippen LogP contribution < -0.4 is 5.32 Å². The van der Waals surface area contributed by atoms with E-state index in [1.807, 2.05) is 52.7 Å². The molecule has 0 saturated carbocycles. The van der Waals surface area contributed by atoms with Gasteiger partial charge in [0.15, 0.2) is 0 Å². The number of nitrogens with one attached hydrogen (secondary N) is 1. The lowest BCUT2D eigenvalue weighted by molar-refractivity contribution is -0.123. The summed E-state index contributed by atoms with van der Waals surface area (Å²) in [5.41, 5.74) is 3.12. The van der Waals surface area contributed by atoms with Crippen LogP contribution in [0.4, 0.5) is 0 Å². The second-order valence-corrected chi connectivity index (χ2v) is 9.91. The van der Waals surface area contributed by atoms with Crippen molar-refractivity contribution in [1.82, 2.24) is 15.1 Å². The van der Waals surface area contributed by atoms with E-state index in [0.717, 1.165) is 48.5 Å². The molecular formula is C27H29N3O2S. The standard InChI is InChI=1S/C27H29N3O2S/c31-26(28-22-12-14-29(15-13-22)18-20-7-2-1-3-8-20)17-24(25-11-6-16-33-25)30-19-21-9-4-5-10-23(21)27(30)32/h1-11,16,22,24H,12-15,17-19H2,(H,28,31). The van der Waals surface area contributed by atoms with Crippen molar-refractivity contribution in [2.24, 2.45) is 0 Å². The summed E-state index contributed by atoms with van der Waals surface area (Å²) in [7, 11) is 0. The Bertz CT molecular complexity index is 1090. The molecule has 1 fully saturated rings. The van der Waals surface area contributed by atoms with Crippen LogP contribution >= 0.6 is 11.3 Å². The molecule has 2 aliphatic heterocycles. The van der Waals surface area contributed by atoms with Gasteiger partial charge in [-0.15, -0.1) is 11.3 Å². The monoisotopic (exact) mass is 459 g/mol. The molecule has 5 rings (SSSR count). The zero-order chi connectivity index (χ0) is 22.6. The predicted octanol–water partition coefficient (Wildman–Crippen LogP) is 4.62. The van der Waals surface area contributed by atoms with Gasteiger partial charge in [0.1, 0.15) is 0 Å². The Hall–Kier alpha value is -2.96. The SMILES string of the molecule is O=C(CC(c1cccs1)N1Cc2ccccc2C1=O)NC1CCN(Cc2ccccc2)CC1. The Morgan fingerprint density at radius 1 is 1.00 bits per heavy atom. The number of amides is 2. The van der Waals surface area contributed by atoms with Gasteiger partial charge in [-0.25, -0.2) is 0 Å². The second kappa shape index (κ2) is 9.89. The first-order valence-electron chi connectivity index (χ1n) is 11.7. The molecule has 3 heterocycles. The molecule has 33 heavy (non-hydrogen) atoms. The van der Waals surface area contributed by atoms with Gasteiger partial charge in [0.25, 0.3) is 5.91 Å². The van der Waals surface area contributed by atoms with Crippen molar-refractivity contribution in [2.45, 2.75) is 44.4 Å². The van der Waals surface area contributed by atoms with Crippen LogP contribution in [0.2, 0.25) is 0 Å². The fraction of sp³-hybridized carbons (Fsp3) is 0.333. The average molecular weight is 460 g/mol. The van der Waals surface area contributed by atoms with Gasteiger partial charge in [-0.3, -0.25) is 14.5 Å². The van der Waals surface area contributed by atoms with Gasteiger partial charge in [0, 0.05) is 42.7 Å². The number of carbonyl (C=O) groups excluding carboxylic acids is 2. The third kappa shape index (κ3) is 5.02. The van der Waals surface area contributed by atoms with Crippen LogP contribution in [0.1, 0.15) is 51.7 Å². The number of nitrogens with zero attached hydrogens (tertiary/aromatic N) is 2. The lowest BCUT2D eigenvalue weighted by Crippen LogP contribution is -2.45. The Kier molecular flexibility index (Phi) is 6.55. The number of benzene rings is 2. The maximum Gasteiger partial charge on any atom is 0.255 e. The first kappa shape index (κ1) is 21.9. The van der Waals surface area contributed by atoms with Crippen LogP contribution in [-0.4, -0.2) is 40.7 Å². The maximum atomic E-state index is 13.1. The van der Waals surface area contributed by atoms with E-state index in [-0.39, 0.29) is 23.9 Å². The Morgan fingerprint density at radius 3 is 2.48 bits per heavy atom. The summed E-state index contributed by atoms with van der Waals surface area (Å²) < 4.78 is 0. The molecule has 6 heteroatoms. The molecule has 3 aromatic rings. The summed E-state index contributed by atoms with van der Waals surface area (Å²) in [6, 6.07) is 22.3. The number of hydrogen-bond donors (Lipinski definition) is 1. The molecule has 1 aromatic heterocycles. The Morgan fingerprint density at radius 2 is 1.76 bits per heavy atom. The number of fused-ring (bicyclic) bond motifs is 1. The highest BCUT2D eigenvalue weighted by Gasteiger charge is 2.35. The lowest BCUT2D eigenvalue weighted by Gasteiger charge is -2.33. The molecule has 2 aromatic carbocycles. The van der Waals surface area contributed by atoms with Gasteiger partial charge in [-0.2, -0.15) is 0 Å². The van der Waals surface area contributed by atoms with Gasteiger partial charge in [-0.1, -0.05) is 54.6 Å². The summed E-state index contributed by atoms with van der Waals surface area (Å²) in [5.74, 6) is 0.0460. The van der Waals surface area contributed by atoms with Crippen molar-refractivity contribution in [3.63, 3.8) is 0 Å². The molecule has 5 nitrogen and oxygen atoms in total. The minimum atomic E-state index is -0.233. The van der Waals surface area contributed by atoms with E-state index in [9.17, 15) is 9.59 Å². The van der Waals surface area contributed by atoms with Gasteiger partial charge >= 0.3 is 0 Å². The lowest BCUT2D eigenvalue weighted by atomic mass is 10.0. The number of piperidine rings is 1. The number of rotatable bonds is 7. The summed E-state index contributed by atoms with van der Waals surface area (Å²) >= 11 is 1.61. The molecule has 1 N–H and O–H groups in total. The van der Waals surface area contributed by atoms with Crippen LogP contribution in [0.15, 0.2) is 72.1 Å². The highest BCUT2D eigenvalue weighted by atomic mass is 32.1. The predicted molar refractivity (Wildman–Crippen MR) is 131 cm³/mol. The second-order valence-electron chi connectivity index (χ2n) is 8.93. The molecule has 0 aliphatic carbocycles. The summed E-state index contributed by atoms with van der Waals surface area (Å²) in [6.45, 7) is 3.48. The minimum Gasteiger partial charge on any atom is -0.353 e. The summed E-state index contributed by atoms with van der Waals surface area (Å²) in [6.07, 6.45) is 2.21. The van der Waals surface area contributed by atoms with E-state index < -0.39 is 0 Å². The van der Waals surface area contributed by atoms with Gasteiger partial charge < -0.3 is 10.2 Å². The van der Waals surface area contributed by atoms with E-state index in [0.29, 0.717) is 13.0 Å². The van der Waals surface area contributed by atoms with Crippen molar-refractivity contribution in [3.05, 3.63) is 93.7 Å². The Balaban J connectivity index is 1.19. The number of carbonyl (C=O) groups is 2. The zero-order valence-corrected chi connectivity index (χ0v) is 19.5. The van der Waals surface area contributed by atoms with Crippen molar-refractivity contribution in [3.8, 4) is 0 Å². The summed E-state index contributed by atoms with van der Waals surface area (Å²) in [5, 5.41) is 5.27. The molecule has 1 unspecified atom stereocenters. The van der Waals surface area contributed by atoms with Crippen molar-refractivity contribution in [2.75, 3.05) is 13.1 Å². The molecule has 1 atom stereocenters. The van der Waals surface area contributed by atoms with Gasteiger partial charge in [-0.05, 0) is 41.5 Å². The fourth-order valence-electron chi connectivity index (χ4n) is 4.91. The van der Waals surface area contributed by atoms with Crippen molar-refractivity contribution in [1.29, 1.82) is 0 Å². The summed E-state index contributed by atoms with van der Waals surface area (Å²) in [4.78, 5) is 31.5. The smallest absolute Gasteiger partial charge is 0.255 e. The third-order valence-electron chi connectivity index (χ3n) is 6.68. The van der Waals surface area contributed by atoms with Crippen molar-refractivity contribution >= 4 is 23.2 Å². The number of likely N-dealkylation sites (tertiary alicyclic amines) is 1. The van der Waals surface area contributed by atoms with Crippen LogP contribution in [0.3, 0.4) is 0 Å². The van der Waals surface area contributed by atoms with Crippen LogP contribution in [0.25, 0.3) is 0 Å². The third-order valence-corrected chi connectivity index (χ3v) is 7.65. The molecule has 170 valence electrons. The van der Waals surface area contributed by atoms with Gasteiger partial charge in [0.2, 0.25) is 5.91 Å². The van der Waals surface area contributed by atoms with Crippen LogP contribution in [0, 0.1) is 0 Å². The molecule has 0 bridgehead atoms. The maximum absolute atomic E-state index is 13.1. The van der Waals surface area contributed by atoms with Gasteiger partial charge in [0.05, 0.1) is 12.5 Å². The normalized spacial score (nSPS) is 17.7. The van der Waals surface area contributed by atoms with Crippen LogP contribution in [0.5, 0.6) is 0 Å². The van der Waals surface area contributed by atoms with E-state index in [2.05, 4.69) is 34.5 Å². The topological polar surface area (TPSA) is 52.7 Å². The first-order chi connectivity index (χ1) is 16.2. The Labute approximate surface area is 199 Å². The fourth-order valence-corrected chi connectivity index (χ4v) is 5.75. The highest BCUT2D eigenvalue weighted by molar-refractivity contribution is 7.10. The quantitative estimate of drug-likeness (QED) is 0.561. The minimum absolute atomic E-state index is 0.0195. The molecule has 2 aliphatic rings. The highest BCUT2D eigenvalue weighted by Crippen LogP contribution is 2.35. The number of thiophene rings is 1. The molecule has 2 amide bonds. The first-order valence-corrected chi connectivity index (χ1v) is 12.5. The van der Waals surface area contributed by atoms with E-state index in [1.54, 1.807) is 11.3 Å². The molecule has 1 saturated heterocycles.